The lowest BCUT2D eigenvalue weighted by atomic mass is 10.1. The molecule has 0 unspecified atom stereocenters. The number of rotatable bonds is 10. The fourth-order valence-electron chi connectivity index (χ4n) is 3.71. The van der Waals surface area contributed by atoms with E-state index in [1.165, 1.54) is 5.39 Å². The molecule has 5 aromatic rings. The lowest BCUT2D eigenvalue weighted by molar-refractivity contribution is 0.0872. The predicted molar refractivity (Wildman–Crippen MR) is 140 cm³/mol. The molecule has 0 spiro atoms. The summed E-state index contributed by atoms with van der Waals surface area (Å²) in [6.45, 7) is 0.967. The van der Waals surface area contributed by atoms with Gasteiger partial charge in [-0.05, 0) is 34.5 Å². The van der Waals surface area contributed by atoms with Gasteiger partial charge >= 0.3 is 0 Å². The minimum Gasteiger partial charge on any atom is -0.493 e. The van der Waals surface area contributed by atoms with Gasteiger partial charge in [-0.15, -0.1) is 0 Å². The number of fused-ring (bicyclic) bond motifs is 1. The highest BCUT2D eigenvalue weighted by atomic mass is 35.5. The largest absolute Gasteiger partial charge is 0.493 e. The number of hydrogen-bond donors (Lipinski definition) is 0. The summed E-state index contributed by atoms with van der Waals surface area (Å²) in [5, 5.41) is 2.38. The molecule has 0 fully saturated rings. The van der Waals surface area contributed by atoms with Crippen LogP contribution in [0.4, 0.5) is 0 Å². The molecule has 3 aromatic carbocycles. The van der Waals surface area contributed by atoms with E-state index in [4.69, 9.17) is 30.5 Å². The molecule has 5 rings (SSSR count). The van der Waals surface area contributed by atoms with Gasteiger partial charge in [0, 0.05) is 12.4 Å². The molecule has 0 N–H and O–H groups in total. The maximum Gasteiger partial charge on any atom is 0.263 e. The third-order valence-electron chi connectivity index (χ3n) is 5.44. The molecule has 0 saturated carbocycles. The maximum absolute atomic E-state index is 6.52. The van der Waals surface area contributed by atoms with Crippen LogP contribution in [0.1, 0.15) is 5.56 Å². The maximum atomic E-state index is 6.52. The number of halogens is 1. The van der Waals surface area contributed by atoms with E-state index < -0.39 is 0 Å². The van der Waals surface area contributed by atoms with Crippen LogP contribution >= 0.6 is 11.6 Å². The first kappa shape index (κ1) is 24.4. The highest BCUT2D eigenvalue weighted by Crippen LogP contribution is 2.40. The molecule has 0 aliphatic rings. The Bertz CT molecular complexity index is 1500. The molecule has 9 heteroatoms. The predicted octanol–water partition coefficient (Wildman–Crippen LogP) is 6.14. The molecule has 37 heavy (non-hydrogen) atoms. The third kappa shape index (κ3) is 5.77. The van der Waals surface area contributed by atoms with Gasteiger partial charge in [-0.1, -0.05) is 66.2 Å². The second-order valence-corrected chi connectivity index (χ2v) is 8.19. The lowest BCUT2D eigenvalue weighted by Crippen LogP contribution is -2.10. The Morgan fingerprint density at radius 2 is 1.51 bits per heavy atom. The van der Waals surface area contributed by atoms with Crippen LogP contribution in [-0.4, -0.2) is 40.3 Å². The van der Waals surface area contributed by atoms with E-state index in [0.29, 0.717) is 30.5 Å². The number of benzene rings is 3. The second kappa shape index (κ2) is 11.6. The van der Waals surface area contributed by atoms with Gasteiger partial charge in [-0.2, -0.15) is 4.98 Å². The Kier molecular flexibility index (Phi) is 7.69. The SMILES string of the molecule is COc1ccccc1Oc1c(Cl)nc(-c2ncccn2)nc1OCCOCc1cccc2ccccc12. The summed E-state index contributed by atoms with van der Waals surface area (Å²) in [7, 11) is 1.56. The van der Waals surface area contributed by atoms with Gasteiger partial charge in [0.1, 0.15) is 6.61 Å². The second-order valence-electron chi connectivity index (χ2n) is 7.84. The third-order valence-corrected chi connectivity index (χ3v) is 5.70. The Hall–Kier alpha value is -4.27. The Balaban J connectivity index is 1.33. The van der Waals surface area contributed by atoms with Crippen molar-refractivity contribution in [2.75, 3.05) is 20.3 Å². The number of hydrogen-bond acceptors (Lipinski definition) is 8. The van der Waals surface area contributed by atoms with Crippen molar-refractivity contribution in [2.24, 2.45) is 0 Å². The number of para-hydroxylation sites is 2. The summed E-state index contributed by atoms with van der Waals surface area (Å²) in [5.74, 6) is 1.78. The zero-order valence-electron chi connectivity index (χ0n) is 20.0. The average Bonchev–Trinajstić information content (AvgIpc) is 2.95. The Morgan fingerprint density at radius 3 is 2.35 bits per heavy atom. The van der Waals surface area contributed by atoms with Crippen LogP contribution in [0.5, 0.6) is 23.1 Å². The number of methoxy groups -OCH3 is 1. The lowest BCUT2D eigenvalue weighted by Gasteiger charge is -2.15. The highest BCUT2D eigenvalue weighted by Gasteiger charge is 2.20. The van der Waals surface area contributed by atoms with Crippen LogP contribution in [0, 0.1) is 0 Å². The van der Waals surface area contributed by atoms with Gasteiger partial charge < -0.3 is 18.9 Å². The Morgan fingerprint density at radius 1 is 0.757 bits per heavy atom. The first-order valence-electron chi connectivity index (χ1n) is 11.6. The van der Waals surface area contributed by atoms with E-state index >= 15 is 0 Å². The van der Waals surface area contributed by atoms with E-state index in [1.54, 1.807) is 37.7 Å². The zero-order valence-corrected chi connectivity index (χ0v) is 20.8. The van der Waals surface area contributed by atoms with Crippen LogP contribution in [-0.2, 0) is 11.3 Å². The summed E-state index contributed by atoms with van der Waals surface area (Å²) in [4.78, 5) is 17.2. The molecule has 0 atom stereocenters. The minimum absolute atomic E-state index is 0.0510. The van der Waals surface area contributed by atoms with Crippen LogP contribution in [0.2, 0.25) is 5.15 Å². The van der Waals surface area contributed by atoms with Crippen molar-refractivity contribution in [3.05, 3.63) is 95.9 Å². The van der Waals surface area contributed by atoms with E-state index in [2.05, 4.69) is 44.2 Å². The number of nitrogens with zero attached hydrogens (tertiary/aromatic N) is 4. The van der Waals surface area contributed by atoms with E-state index in [1.807, 2.05) is 30.3 Å². The molecule has 186 valence electrons. The smallest absolute Gasteiger partial charge is 0.263 e. The monoisotopic (exact) mass is 514 g/mol. The van der Waals surface area contributed by atoms with Crippen LogP contribution < -0.4 is 14.2 Å². The normalized spacial score (nSPS) is 10.9. The molecule has 8 nitrogen and oxygen atoms in total. The fraction of sp³-hybridized carbons (Fsp3) is 0.143. The average molecular weight is 515 g/mol. The van der Waals surface area contributed by atoms with Gasteiger partial charge in [0.25, 0.3) is 5.88 Å². The van der Waals surface area contributed by atoms with E-state index in [-0.39, 0.29) is 29.2 Å². The molecular formula is C28H23ClN4O4. The molecule has 0 amide bonds. The summed E-state index contributed by atoms with van der Waals surface area (Å²) in [6.07, 6.45) is 3.20. The first-order chi connectivity index (χ1) is 18.2. The molecule has 0 bridgehead atoms. The van der Waals surface area contributed by atoms with Gasteiger partial charge in [-0.25, -0.2) is 15.0 Å². The van der Waals surface area contributed by atoms with Gasteiger partial charge in [0.05, 0.1) is 20.3 Å². The molecule has 0 aliphatic heterocycles. The summed E-state index contributed by atoms with van der Waals surface area (Å²) >= 11 is 6.52. The van der Waals surface area contributed by atoms with E-state index in [0.717, 1.165) is 10.9 Å². The van der Waals surface area contributed by atoms with Crippen molar-refractivity contribution < 1.29 is 18.9 Å². The van der Waals surface area contributed by atoms with Crippen molar-refractivity contribution in [1.29, 1.82) is 0 Å². The Labute approximate surface area is 218 Å². The molecule has 0 aliphatic carbocycles. The van der Waals surface area contributed by atoms with Gasteiger partial charge in [0.2, 0.25) is 11.6 Å². The van der Waals surface area contributed by atoms with Crippen LogP contribution in [0.3, 0.4) is 0 Å². The molecule has 2 aromatic heterocycles. The van der Waals surface area contributed by atoms with E-state index in [9.17, 15) is 0 Å². The highest BCUT2D eigenvalue weighted by molar-refractivity contribution is 6.31. The first-order valence-corrected chi connectivity index (χ1v) is 11.9. The standard InChI is InChI=1S/C28H23ClN4O4/c1-34-22-12-4-5-13-23(22)37-24-25(29)32-27(26-30-14-7-15-31-26)33-28(24)36-17-16-35-18-20-10-6-9-19-8-2-3-11-21(19)20/h2-15H,16-18H2,1H3. The van der Waals surface area contributed by atoms with Crippen molar-refractivity contribution in [1.82, 2.24) is 19.9 Å². The van der Waals surface area contributed by atoms with Crippen molar-refractivity contribution in [3.8, 4) is 34.8 Å². The quantitative estimate of drug-likeness (QED) is 0.162. The topological polar surface area (TPSA) is 88.5 Å². The summed E-state index contributed by atoms with van der Waals surface area (Å²) < 4.78 is 23.3. The van der Waals surface area contributed by atoms with Gasteiger partial charge in [-0.3, -0.25) is 0 Å². The van der Waals surface area contributed by atoms with Crippen molar-refractivity contribution in [3.63, 3.8) is 0 Å². The number of aromatic nitrogens is 4. The minimum atomic E-state index is 0.0510. The molecule has 0 saturated heterocycles. The summed E-state index contributed by atoms with van der Waals surface area (Å²) in [5.41, 5.74) is 1.10. The van der Waals surface area contributed by atoms with Crippen molar-refractivity contribution >= 4 is 22.4 Å². The van der Waals surface area contributed by atoms with Crippen LogP contribution in [0.25, 0.3) is 22.4 Å². The van der Waals surface area contributed by atoms with Crippen molar-refractivity contribution in [2.45, 2.75) is 6.61 Å². The molecule has 2 heterocycles. The molecule has 0 radical (unpaired) electrons. The van der Waals surface area contributed by atoms with Gasteiger partial charge in [0.15, 0.2) is 22.5 Å². The fourth-order valence-corrected chi connectivity index (χ4v) is 3.91. The molecular weight excluding hydrogens is 492 g/mol. The zero-order chi connectivity index (χ0) is 25.5. The number of ether oxygens (including phenoxy) is 4. The van der Waals surface area contributed by atoms with Crippen LogP contribution in [0.15, 0.2) is 85.2 Å². The summed E-state index contributed by atoms with van der Waals surface area (Å²) in [6, 6.07) is 23.3.